The lowest BCUT2D eigenvalue weighted by atomic mass is 9.90. The highest BCUT2D eigenvalue weighted by Crippen LogP contribution is 2.26. The van der Waals surface area contributed by atoms with Crippen LogP contribution in [0.4, 0.5) is 0 Å². The molecule has 1 fully saturated rings. The van der Waals surface area contributed by atoms with E-state index in [1.165, 1.54) is 12.0 Å². The summed E-state index contributed by atoms with van der Waals surface area (Å²) in [4.78, 5) is 14.0. The van der Waals surface area contributed by atoms with E-state index in [4.69, 9.17) is 5.73 Å². The van der Waals surface area contributed by atoms with Gasteiger partial charge in [0.05, 0.1) is 0 Å². The summed E-state index contributed by atoms with van der Waals surface area (Å²) < 4.78 is 0. The van der Waals surface area contributed by atoms with Crippen LogP contribution in [0.5, 0.6) is 0 Å². The Bertz CT molecular complexity index is 377. The Kier molecular flexibility index (Phi) is 4.76. The molecule has 1 aromatic carbocycles. The molecular weight excluding hydrogens is 224 g/mol. The van der Waals surface area contributed by atoms with E-state index in [9.17, 15) is 4.79 Å². The summed E-state index contributed by atoms with van der Waals surface area (Å²) in [5.41, 5.74) is 6.81. The zero-order valence-corrected chi connectivity index (χ0v) is 10.8. The standard InChI is InChI=1S/C15H22N2O/c16-10-4-9-15(18)17-11-5-8-14(12-17)13-6-2-1-3-7-13/h1-3,6-7,14H,4-5,8-12,16H2/t14-/m0/s1. The Morgan fingerprint density at radius 3 is 2.83 bits per heavy atom. The first-order valence-electron chi connectivity index (χ1n) is 6.84. The molecule has 18 heavy (non-hydrogen) atoms. The third kappa shape index (κ3) is 3.33. The van der Waals surface area contributed by atoms with Gasteiger partial charge in [0, 0.05) is 25.4 Å². The molecule has 3 heteroatoms. The van der Waals surface area contributed by atoms with E-state index in [0.717, 1.165) is 25.9 Å². The number of hydrogen-bond donors (Lipinski definition) is 1. The molecule has 1 aliphatic heterocycles. The molecule has 0 spiro atoms. The number of nitrogens with two attached hydrogens (primary N) is 1. The SMILES string of the molecule is NCCCC(=O)N1CCC[C@H](c2ccccc2)C1. The zero-order valence-electron chi connectivity index (χ0n) is 10.8. The Hall–Kier alpha value is -1.35. The smallest absolute Gasteiger partial charge is 0.222 e. The number of hydrogen-bond acceptors (Lipinski definition) is 2. The summed E-state index contributed by atoms with van der Waals surface area (Å²) in [6.07, 6.45) is 3.68. The highest BCUT2D eigenvalue weighted by molar-refractivity contribution is 5.76. The van der Waals surface area contributed by atoms with Gasteiger partial charge in [0.1, 0.15) is 0 Å². The predicted octanol–water partition coefficient (Wildman–Crippen LogP) is 2.13. The minimum atomic E-state index is 0.265. The molecule has 1 aromatic rings. The quantitative estimate of drug-likeness (QED) is 0.884. The number of rotatable bonds is 4. The van der Waals surface area contributed by atoms with Gasteiger partial charge < -0.3 is 10.6 Å². The van der Waals surface area contributed by atoms with Crippen molar-refractivity contribution < 1.29 is 4.79 Å². The van der Waals surface area contributed by atoms with Crippen molar-refractivity contribution in [3.05, 3.63) is 35.9 Å². The molecule has 0 aromatic heterocycles. The second-order valence-corrected chi connectivity index (χ2v) is 4.98. The van der Waals surface area contributed by atoms with Crippen molar-refractivity contribution in [2.24, 2.45) is 5.73 Å². The summed E-state index contributed by atoms with van der Waals surface area (Å²) in [6, 6.07) is 10.5. The van der Waals surface area contributed by atoms with Crippen molar-refractivity contribution >= 4 is 5.91 Å². The third-order valence-corrected chi connectivity index (χ3v) is 3.64. The van der Waals surface area contributed by atoms with E-state index in [-0.39, 0.29) is 5.91 Å². The number of carbonyl (C=O) groups excluding carboxylic acids is 1. The fourth-order valence-corrected chi connectivity index (χ4v) is 2.61. The number of carbonyl (C=O) groups is 1. The van der Waals surface area contributed by atoms with Gasteiger partial charge in [-0.2, -0.15) is 0 Å². The third-order valence-electron chi connectivity index (χ3n) is 3.64. The van der Waals surface area contributed by atoms with Crippen LogP contribution in [0, 0.1) is 0 Å². The van der Waals surface area contributed by atoms with Crippen LogP contribution < -0.4 is 5.73 Å². The van der Waals surface area contributed by atoms with Crippen LogP contribution in [0.3, 0.4) is 0 Å². The van der Waals surface area contributed by atoms with E-state index in [0.29, 0.717) is 18.9 Å². The van der Waals surface area contributed by atoms with Gasteiger partial charge in [0.25, 0.3) is 0 Å². The molecule has 1 atom stereocenters. The molecule has 0 aliphatic carbocycles. The molecule has 0 saturated carbocycles. The molecule has 1 aliphatic rings. The van der Waals surface area contributed by atoms with Crippen molar-refractivity contribution in [1.82, 2.24) is 4.90 Å². The molecular formula is C15H22N2O. The maximum atomic E-state index is 12.0. The maximum absolute atomic E-state index is 12.0. The minimum Gasteiger partial charge on any atom is -0.342 e. The van der Waals surface area contributed by atoms with Gasteiger partial charge in [-0.25, -0.2) is 0 Å². The number of likely N-dealkylation sites (tertiary alicyclic amines) is 1. The van der Waals surface area contributed by atoms with Crippen LogP contribution in [0.1, 0.15) is 37.2 Å². The minimum absolute atomic E-state index is 0.265. The first-order chi connectivity index (χ1) is 8.81. The summed E-state index contributed by atoms with van der Waals surface area (Å²) in [6.45, 7) is 2.38. The van der Waals surface area contributed by atoms with Crippen molar-refractivity contribution in [2.45, 2.75) is 31.6 Å². The lowest BCUT2D eigenvalue weighted by molar-refractivity contribution is -0.132. The van der Waals surface area contributed by atoms with Crippen LogP contribution in [0.15, 0.2) is 30.3 Å². The second-order valence-electron chi connectivity index (χ2n) is 4.98. The van der Waals surface area contributed by atoms with Crippen LogP contribution >= 0.6 is 0 Å². The molecule has 0 unspecified atom stereocenters. The summed E-state index contributed by atoms with van der Waals surface area (Å²) in [5, 5.41) is 0. The van der Waals surface area contributed by atoms with Crippen LogP contribution in [0.25, 0.3) is 0 Å². The van der Waals surface area contributed by atoms with Gasteiger partial charge in [-0.3, -0.25) is 4.79 Å². The van der Waals surface area contributed by atoms with Gasteiger partial charge in [-0.1, -0.05) is 30.3 Å². The van der Waals surface area contributed by atoms with Crippen molar-refractivity contribution in [3.8, 4) is 0 Å². The molecule has 0 radical (unpaired) electrons. The average Bonchev–Trinajstić information content (AvgIpc) is 2.46. The predicted molar refractivity (Wildman–Crippen MR) is 73.3 cm³/mol. The summed E-state index contributed by atoms with van der Waals surface area (Å²) >= 11 is 0. The van der Waals surface area contributed by atoms with Crippen LogP contribution in [-0.2, 0) is 4.79 Å². The largest absolute Gasteiger partial charge is 0.342 e. The Balaban J connectivity index is 1.94. The normalized spacial score (nSPS) is 19.8. The molecule has 1 saturated heterocycles. The average molecular weight is 246 g/mol. The van der Waals surface area contributed by atoms with Gasteiger partial charge in [-0.15, -0.1) is 0 Å². The number of benzene rings is 1. The van der Waals surface area contributed by atoms with Gasteiger partial charge >= 0.3 is 0 Å². The number of nitrogens with zero attached hydrogens (tertiary/aromatic N) is 1. The number of piperidine rings is 1. The molecule has 1 heterocycles. The lowest BCUT2D eigenvalue weighted by Gasteiger charge is -2.33. The van der Waals surface area contributed by atoms with Crippen LogP contribution in [0.2, 0.25) is 0 Å². The van der Waals surface area contributed by atoms with Crippen molar-refractivity contribution in [2.75, 3.05) is 19.6 Å². The fraction of sp³-hybridized carbons (Fsp3) is 0.533. The topological polar surface area (TPSA) is 46.3 Å². The molecule has 2 N–H and O–H groups in total. The van der Waals surface area contributed by atoms with Crippen molar-refractivity contribution in [3.63, 3.8) is 0 Å². The van der Waals surface area contributed by atoms with Gasteiger partial charge in [-0.05, 0) is 31.4 Å². The van der Waals surface area contributed by atoms with E-state index in [1.807, 2.05) is 11.0 Å². The Morgan fingerprint density at radius 2 is 2.11 bits per heavy atom. The zero-order chi connectivity index (χ0) is 12.8. The maximum Gasteiger partial charge on any atom is 0.222 e. The number of amides is 1. The lowest BCUT2D eigenvalue weighted by Crippen LogP contribution is -2.39. The first kappa shape index (κ1) is 13.1. The second kappa shape index (κ2) is 6.55. The Labute approximate surface area is 109 Å². The van der Waals surface area contributed by atoms with Crippen LogP contribution in [-0.4, -0.2) is 30.4 Å². The van der Waals surface area contributed by atoms with E-state index < -0.39 is 0 Å². The van der Waals surface area contributed by atoms with E-state index in [2.05, 4.69) is 24.3 Å². The highest BCUT2D eigenvalue weighted by Gasteiger charge is 2.23. The van der Waals surface area contributed by atoms with E-state index in [1.54, 1.807) is 0 Å². The Morgan fingerprint density at radius 1 is 1.33 bits per heavy atom. The molecule has 2 rings (SSSR count). The molecule has 1 amide bonds. The summed E-state index contributed by atoms with van der Waals surface area (Å²) in [5.74, 6) is 0.767. The molecule has 0 bridgehead atoms. The fourth-order valence-electron chi connectivity index (χ4n) is 2.61. The molecule has 98 valence electrons. The van der Waals surface area contributed by atoms with Crippen molar-refractivity contribution in [1.29, 1.82) is 0 Å². The van der Waals surface area contributed by atoms with Gasteiger partial charge in [0.2, 0.25) is 5.91 Å². The summed E-state index contributed by atoms with van der Waals surface area (Å²) in [7, 11) is 0. The van der Waals surface area contributed by atoms with Gasteiger partial charge in [0.15, 0.2) is 0 Å². The highest BCUT2D eigenvalue weighted by atomic mass is 16.2. The monoisotopic (exact) mass is 246 g/mol. The first-order valence-corrected chi connectivity index (χ1v) is 6.84. The van der Waals surface area contributed by atoms with E-state index >= 15 is 0 Å². The molecule has 3 nitrogen and oxygen atoms in total.